The van der Waals surface area contributed by atoms with Crippen molar-refractivity contribution >= 4 is 41.6 Å². The van der Waals surface area contributed by atoms with Gasteiger partial charge in [-0.3, -0.25) is 0 Å². The molecule has 2 aliphatic rings. The zero-order valence-electron chi connectivity index (χ0n) is 19.6. The van der Waals surface area contributed by atoms with Crippen LogP contribution in [0.5, 0.6) is 0 Å². The first-order valence-corrected chi connectivity index (χ1v) is 16.0. The smallest absolute Gasteiger partial charge is 0.241 e. The van der Waals surface area contributed by atoms with Crippen LogP contribution < -0.4 is 4.72 Å². The topological polar surface area (TPSA) is 96.4 Å². The molecule has 188 valence electrons. The maximum Gasteiger partial charge on any atom is 0.243 e. The first-order valence-electron chi connectivity index (χ1n) is 12.3. The van der Waals surface area contributed by atoms with Crippen LogP contribution in [0.2, 0.25) is 0 Å². The number of hydrogen-bond donors (Lipinski definition) is 1. The van der Waals surface area contributed by atoms with Crippen LogP contribution in [0, 0.1) is 0 Å². The third kappa shape index (κ3) is 5.46. The number of rotatable bonds is 6. The predicted molar refractivity (Wildman–Crippen MR) is 139 cm³/mol. The molecular formula is C25H31N3O4S3. The molecular weight excluding hydrogens is 502 g/mol. The van der Waals surface area contributed by atoms with Crippen LogP contribution in [0.25, 0.3) is 10.2 Å². The first-order chi connectivity index (χ1) is 16.8. The molecule has 0 amide bonds. The minimum atomic E-state index is -3.79. The number of fused-ring (bicyclic) bond motifs is 1. The second-order valence-corrected chi connectivity index (χ2v) is 14.2. The first kappa shape index (κ1) is 24.8. The van der Waals surface area contributed by atoms with Crippen molar-refractivity contribution in [3.05, 3.63) is 53.5 Å². The van der Waals surface area contributed by atoms with E-state index in [1.54, 1.807) is 11.3 Å². The lowest BCUT2D eigenvalue weighted by atomic mass is 9.99. The van der Waals surface area contributed by atoms with Crippen molar-refractivity contribution in [3.63, 3.8) is 0 Å². The van der Waals surface area contributed by atoms with Crippen LogP contribution in [0.4, 0.5) is 0 Å². The molecule has 5 rings (SSSR count). The van der Waals surface area contributed by atoms with Gasteiger partial charge in [-0.25, -0.2) is 26.5 Å². The summed E-state index contributed by atoms with van der Waals surface area (Å²) in [6, 6.07) is 13.7. The van der Waals surface area contributed by atoms with Crippen molar-refractivity contribution in [3.8, 4) is 0 Å². The average Bonchev–Trinajstić information content (AvgIpc) is 3.14. The maximum atomic E-state index is 13.4. The summed E-state index contributed by atoms with van der Waals surface area (Å²) in [4.78, 5) is 4.79. The second-order valence-electron chi connectivity index (χ2n) is 9.48. The summed E-state index contributed by atoms with van der Waals surface area (Å²) in [5.41, 5.74) is 0.984. The van der Waals surface area contributed by atoms with Crippen LogP contribution in [-0.2, 0) is 20.0 Å². The van der Waals surface area contributed by atoms with E-state index in [1.807, 2.05) is 18.2 Å². The molecule has 35 heavy (non-hydrogen) atoms. The van der Waals surface area contributed by atoms with Crippen LogP contribution in [0.3, 0.4) is 0 Å². The molecule has 3 aromatic rings. The Labute approximate surface area is 211 Å². The van der Waals surface area contributed by atoms with Gasteiger partial charge in [0.1, 0.15) is 0 Å². The van der Waals surface area contributed by atoms with Gasteiger partial charge in [-0.1, -0.05) is 43.9 Å². The van der Waals surface area contributed by atoms with E-state index in [0.717, 1.165) is 53.7 Å². The van der Waals surface area contributed by atoms with E-state index < -0.39 is 20.0 Å². The van der Waals surface area contributed by atoms with E-state index in [9.17, 15) is 16.8 Å². The third-order valence-electron chi connectivity index (χ3n) is 7.04. The van der Waals surface area contributed by atoms with E-state index in [4.69, 9.17) is 4.98 Å². The summed E-state index contributed by atoms with van der Waals surface area (Å²) in [7, 11) is -7.58. The number of sulfonamides is 2. The molecule has 2 aromatic carbocycles. The summed E-state index contributed by atoms with van der Waals surface area (Å²) >= 11 is 1.68. The Hall–Kier alpha value is -1.85. The fraction of sp³-hybridized carbons (Fsp3) is 0.480. The number of nitrogens with zero attached hydrogens (tertiary/aromatic N) is 2. The van der Waals surface area contributed by atoms with Crippen molar-refractivity contribution in [1.82, 2.24) is 14.0 Å². The van der Waals surface area contributed by atoms with Crippen molar-refractivity contribution in [2.24, 2.45) is 0 Å². The molecule has 1 aliphatic heterocycles. The monoisotopic (exact) mass is 533 g/mol. The van der Waals surface area contributed by atoms with Gasteiger partial charge in [0, 0.05) is 25.0 Å². The average molecular weight is 534 g/mol. The minimum absolute atomic E-state index is 0.00665. The largest absolute Gasteiger partial charge is 0.243 e. The molecule has 1 aromatic heterocycles. The van der Waals surface area contributed by atoms with Gasteiger partial charge in [0.15, 0.2) is 0 Å². The van der Waals surface area contributed by atoms with E-state index in [2.05, 4.69) is 10.8 Å². The Morgan fingerprint density at radius 2 is 1.51 bits per heavy atom. The fourth-order valence-electron chi connectivity index (χ4n) is 5.04. The molecule has 7 nitrogen and oxygen atoms in total. The molecule has 1 saturated heterocycles. The van der Waals surface area contributed by atoms with E-state index in [0.29, 0.717) is 25.9 Å². The summed E-state index contributed by atoms with van der Waals surface area (Å²) in [5.74, 6) is 0.231. The normalized spacial score (nSPS) is 19.7. The standard InChI is InChI=1S/C25H31N3O4S3/c29-34(30,27-20-8-3-1-2-4-9-20)21-10-7-11-22(18-21)35(31,32)28-16-14-19(15-17-28)25-26-23-12-5-6-13-24(23)33-25/h5-7,10-13,18-20,27H,1-4,8-9,14-17H2. The van der Waals surface area contributed by atoms with Gasteiger partial charge in [0.2, 0.25) is 20.0 Å². The van der Waals surface area contributed by atoms with Crippen molar-refractivity contribution in [2.75, 3.05) is 13.1 Å². The molecule has 2 fully saturated rings. The number of piperidine rings is 1. The van der Waals surface area contributed by atoms with Gasteiger partial charge in [0.25, 0.3) is 0 Å². The van der Waals surface area contributed by atoms with Crippen molar-refractivity contribution in [2.45, 2.75) is 73.1 Å². The van der Waals surface area contributed by atoms with Crippen molar-refractivity contribution < 1.29 is 16.8 Å². The lowest BCUT2D eigenvalue weighted by Crippen LogP contribution is -2.38. The lowest BCUT2D eigenvalue weighted by molar-refractivity contribution is 0.319. The number of aromatic nitrogens is 1. The van der Waals surface area contributed by atoms with Gasteiger partial charge in [-0.15, -0.1) is 11.3 Å². The Balaban J connectivity index is 1.29. The van der Waals surface area contributed by atoms with Gasteiger partial charge < -0.3 is 0 Å². The molecule has 2 heterocycles. The summed E-state index contributed by atoms with van der Waals surface area (Å²) in [6.45, 7) is 0.778. The minimum Gasteiger partial charge on any atom is -0.241 e. The van der Waals surface area contributed by atoms with Crippen LogP contribution in [0.15, 0.2) is 58.3 Å². The van der Waals surface area contributed by atoms with E-state index >= 15 is 0 Å². The molecule has 10 heteroatoms. The Morgan fingerprint density at radius 3 is 2.23 bits per heavy atom. The highest BCUT2D eigenvalue weighted by atomic mass is 32.2. The predicted octanol–water partition coefficient (Wildman–Crippen LogP) is 4.87. The Bertz CT molecular complexity index is 1350. The molecule has 1 N–H and O–H groups in total. The summed E-state index contributed by atoms with van der Waals surface area (Å²) < 4.78 is 58.2. The number of benzene rings is 2. The van der Waals surface area contributed by atoms with Gasteiger partial charge >= 0.3 is 0 Å². The zero-order chi connectivity index (χ0) is 24.5. The summed E-state index contributed by atoms with van der Waals surface area (Å²) in [5, 5.41) is 1.06. The van der Waals surface area contributed by atoms with Gasteiger partial charge in [-0.05, 0) is 56.0 Å². The molecule has 1 aliphatic carbocycles. The number of para-hydroxylation sites is 1. The maximum absolute atomic E-state index is 13.4. The Kier molecular flexibility index (Phi) is 7.28. The SMILES string of the molecule is O=S(=O)(NC1CCCCCC1)c1cccc(S(=O)(=O)N2CCC(c3nc4ccccc4s3)CC2)c1. The zero-order valence-corrected chi connectivity index (χ0v) is 22.0. The summed E-state index contributed by atoms with van der Waals surface area (Å²) in [6.07, 6.45) is 7.30. The number of thiazole rings is 1. The van der Waals surface area contributed by atoms with Crippen LogP contribution in [-0.4, -0.2) is 45.3 Å². The van der Waals surface area contributed by atoms with E-state index in [1.165, 1.54) is 28.6 Å². The molecule has 0 bridgehead atoms. The molecule has 1 saturated carbocycles. The molecule has 0 spiro atoms. The number of nitrogens with one attached hydrogen (secondary N) is 1. The van der Waals surface area contributed by atoms with Crippen molar-refractivity contribution in [1.29, 1.82) is 0 Å². The Morgan fingerprint density at radius 1 is 0.829 bits per heavy atom. The van der Waals surface area contributed by atoms with Crippen LogP contribution in [0.1, 0.15) is 62.3 Å². The highest BCUT2D eigenvalue weighted by Gasteiger charge is 2.32. The molecule has 0 unspecified atom stereocenters. The van der Waals surface area contributed by atoms with Gasteiger partial charge in [-0.2, -0.15) is 4.31 Å². The highest BCUT2D eigenvalue weighted by molar-refractivity contribution is 7.90. The highest BCUT2D eigenvalue weighted by Crippen LogP contribution is 2.35. The third-order valence-corrected chi connectivity index (χ3v) is 11.7. The molecule has 0 atom stereocenters. The molecule has 0 radical (unpaired) electrons. The van der Waals surface area contributed by atoms with Gasteiger partial charge in [0.05, 0.1) is 25.0 Å². The quantitative estimate of drug-likeness (QED) is 0.456. The number of hydrogen-bond acceptors (Lipinski definition) is 6. The van der Waals surface area contributed by atoms with E-state index in [-0.39, 0.29) is 21.8 Å². The van der Waals surface area contributed by atoms with Crippen LogP contribution >= 0.6 is 11.3 Å². The lowest BCUT2D eigenvalue weighted by Gasteiger charge is -2.30. The second kappa shape index (κ2) is 10.3. The fourth-order valence-corrected chi connectivity index (χ4v) is 9.12.